The first kappa shape index (κ1) is 27.3. The van der Waals surface area contributed by atoms with Crippen LogP contribution >= 0.6 is 11.6 Å². The van der Waals surface area contributed by atoms with Crippen LogP contribution in [0.25, 0.3) is 0 Å². The number of ether oxygens (including phenoxy) is 2. The lowest BCUT2D eigenvalue weighted by Gasteiger charge is -2.13. The van der Waals surface area contributed by atoms with E-state index >= 15 is 4.39 Å². The number of benzene rings is 2. The number of nitrogens with zero attached hydrogens (tertiary/aromatic N) is 4. The van der Waals surface area contributed by atoms with Gasteiger partial charge in [-0.05, 0) is 29.8 Å². The van der Waals surface area contributed by atoms with Gasteiger partial charge in [-0.25, -0.2) is 18.0 Å². The summed E-state index contributed by atoms with van der Waals surface area (Å²) >= 11 is 6.07. The number of carboxylic acid groups (broad SMARTS) is 1. The van der Waals surface area contributed by atoms with E-state index in [4.69, 9.17) is 31.4 Å². The fourth-order valence-corrected chi connectivity index (χ4v) is 3.33. The van der Waals surface area contributed by atoms with Crippen LogP contribution in [0.3, 0.4) is 0 Å². The number of alkyl halides is 2. The molecule has 10 nitrogen and oxygen atoms in total. The molecule has 3 aromatic rings. The van der Waals surface area contributed by atoms with Crippen molar-refractivity contribution in [3.05, 3.63) is 74.2 Å². The Hall–Kier alpha value is -4.31. The predicted octanol–water partition coefficient (Wildman–Crippen LogP) is 3.93. The van der Waals surface area contributed by atoms with Gasteiger partial charge in [-0.15, -0.1) is 0 Å². The number of rotatable bonds is 10. The molecular weight excluding hydrogens is 521 g/mol. The van der Waals surface area contributed by atoms with Crippen molar-refractivity contribution in [2.45, 2.75) is 32.4 Å². The molecule has 0 aliphatic rings. The first-order valence-corrected chi connectivity index (χ1v) is 10.9. The zero-order valence-corrected chi connectivity index (χ0v) is 19.8. The number of aromatic nitrogens is 3. The molecule has 194 valence electrons. The Balaban J connectivity index is 1.83. The van der Waals surface area contributed by atoms with Crippen molar-refractivity contribution in [3.8, 4) is 17.6 Å². The SMILES string of the molecule is Cn1c(Cc2ccc(Cl)c(Oc3cc(C#N)cc(C(F)F)c3)c2F)nn(COC(=O)CCC(=O)O)c1=O. The van der Waals surface area contributed by atoms with Crippen molar-refractivity contribution < 1.29 is 37.3 Å². The maximum absolute atomic E-state index is 15.3. The molecule has 0 radical (unpaired) electrons. The van der Waals surface area contributed by atoms with Gasteiger partial charge in [0.05, 0.1) is 29.5 Å². The van der Waals surface area contributed by atoms with Crippen LogP contribution < -0.4 is 10.4 Å². The van der Waals surface area contributed by atoms with Crippen LogP contribution in [-0.4, -0.2) is 31.4 Å². The fraction of sp³-hybridized carbons (Fsp3) is 0.261. The lowest BCUT2D eigenvalue weighted by molar-refractivity contribution is -0.151. The van der Waals surface area contributed by atoms with E-state index in [2.05, 4.69) is 5.10 Å². The highest BCUT2D eigenvalue weighted by atomic mass is 35.5. The second-order valence-electron chi connectivity index (χ2n) is 7.63. The number of carbonyl (C=O) groups excluding carboxylic acids is 1. The Labute approximate surface area is 212 Å². The van der Waals surface area contributed by atoms with Gasteiger partial charge in [0, 0.05) is 19.0 Å². The van der Waals surface area contributed by atoms with Gasteiger partial charge in [0.1, 0.15) is 11.6 Å². The Bertz CT molecular complexity index is 1450. The van der Waals surface area contributed by atoms with Crippen molar-refractivity contribution in [2.24, 2.45) is 7.05 Å². The third-order valence-electron chi connectivity index (χ3n) is 5.03. The summed E-state index contributed by atoms with van der Waals surface area (Å²) < 4.78 is 53.8. The number of aliphatic carboxylic acids is 1. The van der Waals surface area contributed by atoms with Gasteiger partial charge in [-0.1, -0.05) is 17.7 Å². The van der Waals surface area contributed by atoms with Gasteiger partial charge in [0.25, 0.3) is 6.43 Å². The number of hydrogen-bond donors (Lipinski definition) is 1. The number of carbonyl (C=O) groups is 2. The standard InChI is InChI=1S/C23H18ClF3N4O6/c1-30-17(29-31(23(30)35)11-36-19(34)5-4-18(32)33)9-13-2-3-16(24)21(20(13)25)37-15-7-12(10-28)6-14(8-15)22(26)27/h2-3,6-8,22H,4-5,9,11H2,1H3,(H,32,33). The van der Waals surface area contributed by atoms with Crippen LogP contribution in [-0.2, 0) is 34.5 Å². The van der Waals surface area contributed by atoms with E-state index in [-0.39, 0.29) is 34.1 Å². The summed E-state index contributed by atoms with van der Waals surface area (Å²) in [6, 6.07) is 7.43. The van der Waals surface area contributed by atoms with Crippen LogP contribution in [0.4, 0.5) is 13.2 Å². The molecule has 0 saturated carbocycles. The van der Waals surface area contributed by atoms with Crippen molar-refractivity contribution in [1.82, 2.24) is 14.3 Å². The van der Waals surface area contributed by atoms with Crippen LogP contribution in [0, 0.1) is 17.1 Å². The third kappa shape index (κ3) is 6.68. The van der Waals surface area contributed by atoms with Crippen LogP contribution in [0.1, 0.15) is 41.8 Å². The summed E-state index contributed by atoms with van der Waals surface area (Å²) in [7, 11) is 1.36. The molecule has 0 aliphatic heterocycles. The van der Waals surface area contributed by atoms with Gasteiger partial charge in [-0.2, -0.15) is 15.0 Å². The minimum atomic E-state index is -2.89. The van der Waals surface area contributed by atoms with Crippen LogP contribution in [0.5, 0.6) is 11.5 Å². The number of hydrogen-bond acceptors (Lipinski definition) is 7. The maximum Gasteiger partial charge on any atom is 0.348 e. The molecule has 0 saturated heterocycles. The molecule has 1 N–H and O–H groups in total. The number of nitriles is 1. The Kier molecular flexibility index (Phi) is 8.56. The summed E-state index contributed by atoms with van der Waals surface area (Å²) in [6.07, 6.45) is -3.95. The first-order valence-electron chi connectivity index (χ1n) is 10.5. The molecule has 0 unspecified atom stereocenters. The van der Waals surface area contributed by atoms with Gasteiger partial charge in [-0.3, -0.25) is 14.2 Å². The zero-order chi connectivity index (χ0) is 27.3. The van der Waals surface area contributed by atoms with Gasteiger partial charge < -0.3 is 14.6 Å². The van der Waals surface area contributed by atoms with E-state index in [1.165, 1.54) is 19.2 Å². The minimum absolute atomic E-state index is 0.0105. The molecule has 1 heterocycles. The molecule has 0 spiro atoms. The van der Waals surface area contributed by atoms with Crippen molar-refractivity contribution in [2.75, 3.05) is 0 Å². The molecule has 3 rings (SSSR count). The highest BCUT2D eigenvalue weighted by molar-refractivity contribution is 6.32. The number of esters is 1. The van der Waals surface area contributed by atoms with E-state index in [9.17, 15) is 23.2 Å². The summed E-state index contributed by atoms with van der Waals surface area (Å²) in [5, 5.41) is 21.5. The van der Waals surface area contributed by atoms with Crippen molar-refractivity contribution in [3.63, 3.8) is 0 Å². The lowest BCUT2D eigenvalue weighted by Crippen LogP contribution is -2.25. The molecular formula is C23H18ClF3N4O6. The topological polar surface area (TPSA) is 136 Å². The molecule has 0 bridgehead atoms. The smallest absolute Gasteiger partial charge is 0.348 e. The second-order valence-corrected chi connectivity index (χ2v) is 8.04. The third-order valence-corrected chi connectivity index (χ3v) is 5.33. The summed E-state index contributed by atoms with van der Waals surface area (Å²) in [4.78, 5) is 34.5. The van der Waals surface area contributed by atoms with E-state index in [0.717, 1.165) is 27.4 Å². The maximum atomic E-state index is 15.3. The Morgan fingerprint density at radius 1 is 1.24 bits per heavy atom. The number of halogens is 4. The first-order chi connectivity index (χ1) is 17.5. The average Bonchev–Trinajstić information content (AvgIpc) is 3.13. The predicted molar refractivity (Wildman–Crippen MR) is 121 cm³/mol. The van der Waals surface area contributed by atoms with Gasteiger partial charge in [0.2, 0.25) is 0 Å². The summed E-state index contributed by atoms with van der Waals surface area (Å²) in [6.45, 7) is -0.579. The highest BCUT2D eigenvalue weighted by Crippen LogP contribution is 2.36. The largest absolute Gasteiger partial charge is 0.481 e. The van der Waals surface area contributed by atoms with E-state index in [0.29, 0.717) is 0 Å². The van der Waals surface area contributed by atoms with E-state index in [1.807, 2.05) is 0 Å². The summed E-state index contributed by atoms with van der Waals surface area (Å²) in [5.41, 5.74) is -1.31. The summed E-state index contributed by atoms with van der Waals surface area (Å²) in [5.74, 6) is -3.61. The van der Waals surface area contributed by atoms with E-state index in [1.54, 1.807) is 6.07 Å². The fourth-order valence-electron chi connectivity index (χ4n) is 3.15. The molecule has 0 fully saturated rings. The molecule has 0 atom stereocenters. The van der Waals surface area contributed by atoms with Gasteiger partial charge in [0.15, 0.2) is 18.3 Å². The average molecular weight is 539 g/mol. The van der Waals surface area contributed by atoms with Crippen molar-refractivity contribution >= 4 is 23.5 Å². The zero-order valence-electron chi connectivity index (χ0n) is 19.1. The monoisotopic (exact) mass is 538 g/mol. The van der Waals surface area contributed by atoms with Crippen molar-refractivity contribution in [1.29, 1.82) is 5.26 Å². The number of carboxylic acids is 1. The highest BCUT2D eigenvalue weighted by Gasteiger charge is 2.20. The molecule has 14 heteroatoms. The molecule has 37 heavy (non-hydrogen) atoms. The molecule has 1 aromatic heterocycles. The van der Waals surface area contributed by atoms with Gasteiger partial charge >= 0.3 is 17.6 Å². The quantitative estimate of drug-likeness (QED) is 0.383. The Morgan fingerprint density at radius 3 is 2.62 bits per heavy atom. The second kappa shape index (κ2) is 11.6. The Morgan fingerprint density at radius 2 is 1.97 bits per heavy atom. The molecule has 2 aromatic carbocycles. The van der Waals surface area contributed by atoms with E-state index < -0.39 is 60.8 Å². The minimum Gasteiger partial charge on any atom is -0.481 e. The lowest BCUT2D eigenvalue weighted by atomic mass is 10.1. The van der Waals surface area contributed by atoms with Crippen LogP contribution in [0.2, 0.25) is 5.02 Å². The molecule has 0 amide bonds. The molecule has 0 aliphatic carbocycles. The normalized spacial score (nSPS) is 10.8. The van der Waals surface area contributed by atoms with Crippen LogP contribution in [0.15, 0.2) is 35.1 Å².